The summed E-state index contributed by atoms with van der Waals surface area (Å²) in [6.07, 6.45) is 3.38. The third kappa shape index (κ3) is 4.94. The highest BCUT2D eigenvalue weighted by Crippen LogP contribution is 2.39. The van der Waals surface area contributed by atoms with E-state index in [1.165, 1.54) is 0 Å². The normalized spacial score (nSPS) is 13.7. The molecule has 0 aliphatic carbocycles. The third-order valence-electron chi connectivity index (χ3n) is 5.02. The summed E-state index contributed by atoms with van der Waals surface area (Å²) < 4.78 is 21.1. The van der Waals surface area contributed by atoms with Crippen LogP contribution in [0, 0.1) is 0 Å². The van der Waals surface area contributed by atoms with Gasteiger partial charge < -0.3 is 23.8 Å². The van der Waals surface area contributed by atoms with E-state index in [9.17, 15) is 9.59 Å². The van der Waals surface area contributed by atoms with E-state index in [4.69, 9.17) is 18.9 Å². The van der Waals surface area contributed by atoms with Gasteiger partial charge in [0.25, 0.3) is 0 Å². The Morgan fingerprint density at radius 3 is 1.59 bits per heavy atom. The molecule has 0 unspecified atom stereocenters. The van der Waals surface area contributed by atoms with Crippen LogP contribution in [0.2, 0.25) is 0 Å². The number of ether oxygens (including phenoxy) is 4. The number of methoxy groups -OCH3 is 2. The van der Waals surface area contributed by atoms with Crippen LogP contribution in [0.1, 0.15) is 25.3 Å². The number of benzene rings is 2. The third-order valence-corrected chi connectivity index (χ3v) is 5.02. The number of nitrogens with zero attached hydrogens (tertiary/aromatic N) is 1. The van der Waals surface area contributed by atoms with E-state index in [2.05, 4.69) is 0 Å². The van der Waals surface area contributed by atoms with Crippen molar-refractivity contribution in [3.05, 3.63) is 77.6 Å². The molecule has 0 saturated heterocycles. The molecular formula is C25H27NO6. The van der Waals surface area contributed by atoms with E-state index in [0.29, 0.717) is 22.6 Å². The molecule has 0 saturated carbocycles. The van der Waals surface area contributed by atoms with E-state index >= 15 is 0 Å². The fraction of sp³-hybridized carbons (Fsp3) is 0.280. The lowest BCUT2D eigenvalue weighted by atomic mass is 9.83. The van der Waals surface area contributed by atoms with Crippen LogP contribution in [0.5, 0.6) is 11.5 Å². The summed E-state index contributed by atoms with van der Waals surface area (Å²) in [4.78, 5) is 27.7. The van der Waals surface area contributed by atoms with Crippen molar-refractivity contribution in [3.63, 3.8) is 0 Å². The van der Waals surface area contributed by atoms with Gasteiger partial charge in [-0.05, 0) is 55.8 Å². The van der Waals surface area contributed by atoms with Gasteiger partial charge in [-0.15, -0.1) is 0 Å². The number of esters is 2. The highest BCUT2D eigenvalue weighted by Gasteiger charge is 2.36. The Kier molecular flexibility index (Phi) is 7.54. The Bertz CT molecular complexity index is 972. The minimum Gasteiger partial charge on any atom is -0.497 e. The van der Waals surface area contributed by atoms with Crippen molar-refractivity contribution in [1.82, 2.24) is 0 Å². The van der Waals surface area contributed by atoms with Gasteiger partial charge in [0.15, 0.2) is 0 Å². The van der Waals surface area contributed by atoms with Crippen LogP contribution in [-0.4, -0.2) is 39.4 Å². The number of rotatable bonds is 8. The highest BCUT2D eigenvalue weighted by molar-refractivity contribution is 6.00. The Hall–Kier alpha value is -3.74. The molecule has 0 atom stereocenters. The molecule has 1 aliphatic heterocycles. The molecule has 0 bridgehead atoms. The number of hydrogen-bond acceptors (Lipinski definition) is 7. The topological polar surface area (TPSA) is 74.3 Å². The molecule has 3 rings (SSSR count). The van der Waals surface area contributed by atoms with Crippen molar-refractivity contribution in [2.75, 3.05) is 32.3 Å². The van der Waals surface area contributed by atoms with E-state index in [1.54, 1.807) is 69.6 Å². The monoisotopic (exact) mass is 437 g/mol. The molecule has 0 fully saturated rings. The van der Waals surface area contributed by atoms with E-state index in [1.807, 2.05) is 24.3 Å². The standard InChI is InChI=1S/C25H27NO6/c1-5-31-24(27)21-15-26(18-9-13-20(30-4)14-10-18)16-22(25(28)32-6-2)23(21)17-7-11-19(29-3)12-8-17/h7-16,23H,5-6H2,1-4H3. The van der Waals surface area contributed by atoms with Crippen LogP contribution in [0.25, 0.3) is 0 Å². The Balaban J connectivity index is 2.13. The first kappa shape index (κ1) is 22.9. The van der Waals surface area contributed by atoms with Crippen molar-refractivity contribution in [2.45, 2.75) is 19.8 Å². The maximum absolute atomic E-state index is 13.0. The zero-order valence-corrected chi connectivity index (χ0v) is 18.7. The first-order valence-corrected chi connectivity index (χ1v) is 10.4. The van der Waals surface area contributed by atoms with Gasteiger partial charge in [0.05, 0.1) is 44.5 Å². The quantitative estimate of drug-likeness (QED) is 0.573. The molecule has 1 aliphatic rings. The van der Waals surface area contributed by atoms with Crippen molar-refractivity contribution in [3.8, 4) is 11.5 Å². The molecule has 168 valence electrons. The van der Waals surface area contributed by atoms with Gasteiger partial charge in [-0.1, -0.05) is 12.1 Å². The lowest BCUT2D eigenvalue weighted by Crippen LogP contribution is -2.29. The zero-order chi connectivity index (χ0) is 23.1. The predicted molar refractivity (Wildman–Crippen MR) is 121 cm³/mol. The average Bonchev–Trinajstić information content (AvgIpc) is 2.83. The Labute approximate surface area is 187 Å². The summed E-state index contributed by atoms with van der Waals surface area (Å²) in [5, 5.41) is 0. The van der Waals surface area contributed by atoms with Crippen molar-refractivity contribution in [1.29, 1.82) is 0 Å². The summed E-state index contributed by atoms with van der Waals surface area (Å²) in [5.41, 5.74) is 2.16. The summed E-state index contributed by atoms with van der Waals surface area (Å²) in [6.45, 7) is 3.92. The van der Waals surface area contributed by atoms with Crippen LogP contribution in [0.15, 0.2) is 72.1 Å². The van der Waals surface area contributed by atoms with E-state index in [0.717, 1.165) is 11.3 Å². The maximum Gasteiger partial charge on any atom is 0.336 e. The second-order valence-electron chi connectivity index (χ2n) is 6.92. The molecule has 7 nitrogen and oxygen atoms in total. The lowest BCUT2D eigenvalue weighted by molar-refractivity contribution is -0.139. The Morgan fingerprint density at radius 2 is 1.19 bits per heavy atom. The molecule has 0 aromatic heterocycles. The number of hydrogen-bond donors (Lipinski definition) is 0. The lowest BCUT2D eigenvalue weighted by Gasteiger charge is -2.30. The molecule has 2 aromatic carbocycles. The van der Waals surface area contributed by atoms with Crippen molar-refractivity contribution >= 4 is 17.6 Å². The van der Waals surface area contributed by atoms with Crippen LogP contribution in [0.3, 0.4) is 0 Å². The van der Waals surface area contributed by atoms with Crippen LogP contribution in [0.4, 0.5) is 5.69 Å². The van der Waals surface area contributed by atoms with Gasteiger partial charge in [-0.3, -0.25) is 0 Å². The molecule has 0 amide bonds. The molecule has 0 N–H and O–H groups in total. The van der Waals surface area contributed by atoms with E-state index < -0.39 is 17.9 Å². The van der Waals surface area contributed by atoms with Gasteiger partial charge in [0, 0.05) is 18.1 Å². The molecule has 32 heavy (non-hydrogen) atoms. The second kappa shape index (κ2) is 10.5. The predicted octanol–water partition coefficient (Wildman–Crippen LogP) is 4.20. The molecular weight excluding hydrogens is 410 g/mol. The Morgan fingerprint density at radius 1 is 0.750 bits per heavy atom. The summed E-state index contributed by atoms with van der Waals surface area (Å²) in [6, 6.07) is 14.5. The number of carbonyl (C=O) groups excluding carboxylic acids is 2. The zero-order valence-electron chi connectivity index (χ0n) is 18.7. The SMILES string of the molecule is CCOC(=O)C1=CN(c2ccc(OC)cc2)C=C(C(=O)OCC)C1c1ccc(OC)cc1. The van der Waals surface area contributed by atoms with Gasteiger partial charge in [-0.25, -0.2) is 9.59 Å². The van der Waals surface area contributed by atoms with Crippen molar-refractivity contribution < 1.29 is 28.5 Å². The molecule has 1 heterocycles. The molecule has 0 spiro atoms. The van der Waals surface area contributed by atoms with Crippen LogP contribution in [-0.2, 0) is 19.1 Å². The van der Waals surface area contributed by atoms with Gasteiger partial charge in [0.2, 0.25) is 0 Å². The van der Waals surface area contributed by atoms with Crippen LogP contribution >= 0.6 is 0 Å². The fourth-order valence-corrected chi connectivity index (χ4v) is 3.48. The smallest absolute Gasteiger partial charge is 0.336 e. The van der Waals surface area contributed by atoms with Crippen LogP contribution < -0.4 is 14.4 Å². The highest BCUT2D eigenvalue weighted by atomic mass is 16.5. The first-order chi connectivity index (χ1) is 15.5. The number of anilines is 1. The fourth-order valence-electron chi connectivity index (χ4n) is 3.48. The maximum atomic E-state index is 13.0. The molecule has 2 aromatic rings. The minimum absolute atomic E-state index is 0.215. The number of carbonyl (C=O) groups is 2. The first-order valence-electron chi connectivity index (χ1n) is 10.4. The summed E-state index contributed by atoms with van der Waals surface area (Å²) in [7, 11) is 3.17. The van der Waals surface area contributed by atoms with Gasteiger partial charge in [0.1, 0.15) is 11.5 Å². The average molecular weight is 437 g/mol. The minimum atomic E-state index is -0.645. The largest absolute Gasteiger partial charge is 0.497 e. The summed E-state index contributed by atoms with van der Waals surface area (Å²) in [5.74, 6) is -0.268. The van der Waals surface area contributed by atoms with Gasteiger partial charge in [-0.2, -0.15) is 0 Å². The second-order valence-corrected chi connectivity index (χ2v) is 6.92. The molecule has 7 heteroatoms. The summed E-state index contributed by atoms with van der Waals surface area (Å²) >= 11 is 0. The molecule has 0 radical (unpaired) electrons. The van der Waals surface area contributed by atoms with E-state index in [-0.39, 0.29) is 13.2 Å². The van der Waals surface area contributed by atoms with Gasteiger partial charge >= 0.3 is 11.9 Å². The van der Waals surface area contributed by atoms with Crippen molar-refractivity contribution in [2.24, 2.45) is 0 Å².